The maximum absolute atomic E-state index is 12.2. The summed E-state index contributed by atoms with van der Waals surface area (Å²) in [7, 11) is 0. The average Bonchev–Trinajstić information content (AvgIpc) is 2.84. The van der Waals surface area contributed by atoms with E-state index in [0.717, 1.165) is 17.1 Å². The topological polar surface area (TPSA) is 72.9 Å². The molecule has 1 atom stereocenters. The number of nitrogens with one attached hydrogen (secondary N) is 1. The van der Waals surface area contributed by atoms with Crippen LogP contribution in [-0.4, -0.2) is 15.5 Å². The van der Waals surface area contributed by atoms with Crippen LogP contribution in [0.4, 0.5) is 5.69 Å². The van der Waals surface area contributed by atoms with Gasteiger partial charge in [0.05, 0.1) is 0 Å². The minimum Gasteiger partial charge on any atom is -0.326 e. The molecule has 1 unspecified atom stereocenters. The minimum absolute atomic E-state index is 0.0815. The van der Waals surface area contributed by atoms with Gasteiger partial charge in [-0.1, -0.05) is 18.2 Å². The van der Waals surface area contributed by atoms with Gasteiger partial charge in [0.15, 0.2) is 0 Å². The van der Waals surface area contributed by atoms with Crippen molar-refractivity contribution in [2.75, 3.05) is 5.32 Å². The third-order valence-corrected chi connectivity index (χ3v) is 3.15. The van der Waals surface area contributed by atoms with Crippen molar-refractivity contribution in [1.29, 1.82) is 0 Å². The molecule has 1 aromatic heterocycles. The molecule has 0 radical (unpaired) electrons. The fourth-order valence-corrected chi connectivity index (χ4v) is 1.98. The first kappa shape index (κ1) is 13.3. The van der Waals surface area contributed by atoms with Crippen LogP contribution < -0.4 is 11.1 Å². The zero-order valence-corrected chi connectivity index (χ0v) is 11.1. The van der Waals surface area contributed by atoms with E-state index in [1.165, 1.54) is 0 Å². The molecular weight excluding hydrogens is 240 g/mol. The summed E-state index contributed by atoms with van der Waals surface area (Å²) in [4.78, 5) is 16.4. The fourth-order valence-electron chi connectivity index (χ4n) is 1.98. The van der Waals surface area contributed by atoms with Gasteiger partial charge in [-0.25, -0.2) is 4.98 Å². The van der Waals surface area contributed by atoms with Gasteiger partial charge in [0.2, 0.25) is 5.91 Å². The van der Waals surface area contributed by atoms with E-state index in [9.17, 15) is 4.79 Å². The first-order chi connectivity index (χ1) is 9.13. The summed E-state index contributed by atoms with van der Waals surface area (Å²) < 4.78 is 1.83. The van der Waals surface area contributed by atoms with Gasteiger partial charge >= 0.3 is 0 Å². The van der Waals surface area contributed by atoms with E-state index >= 15 is 0 Å². The quantitative estimate of drug-likeness (QED) is 0.879. The third kappa shape index (κ3) is 2.82. The Kier molecular flexibility index (Phi) is 3.97. The maximum Gasteiger partial charge on any atom is 0.247 e. The summed E-state index contributed by atoms with van der Waals surface area (Å²) in [6.07, 6.45) is 3.49. The molecule has 0 aliphatic carbocycles. The van der Waals surface area contributed by atoms with E-state index < -0.39 is 0 Å². The first-order valence-corrected chi connectivity index (χ1v) is 6.21. The number of rotatable bonds is 4. The Bertz CT molecular complexity index is 576. The normalized spacial score (nSPS) is 12.2. The number of aryl methyl sites for hydroxylation is 1. The highest BCUT2D eigenvalue weighted by Gasteiger charge is 2.17. The van der Waals surface area contributed by atoms with Crippen molar-refractivity contribution in [1.82, 2.24) is 9.55 Å². The molecule has 5 nitrogen and oxygen atoms in total. The van der Waals surface area contributed by atoms with E-state index in [2.05, 4.69) is 10.3 Å². The van der Waals surface area contributed by atoms with Crippen molar-refractivity contribution < 1.29 is 4.79 Å². The lowest BCUT2D eigenvalue weighted by molar-refractivity contribution is -0.118. The molecule has 2 rings (SSSR count). The number of anilines is 1. The fraction of sp³-hybridized carbons (Fsp3) is 0.286. The number of para-hydroxylation sites is 1. The Hall–Kier alpha value is -2.14. The number of benzene rings is 1. The molecule has 100 valence electrons. The lowest BCUT2D eigenvalue weighted by atomic mass is 10.1. The molecule has 0 bridgehead atoms. The van der Waals surface area contributed by atoms with Crippen LogP contribution in [0.25, 0.3) is 0 Å². The van der Waals surface area contributed by atoms with Crippen LogP contribution in [0.15, 0.2) is 36.7 Å². The van der Waals surface area contributed by atoms with Gasteiger partial charge < -0.3 is 15.6 Å². The Labute approximate surface area is 112 Å². The van der Waals surface area contributed by atoms with E-state index in [0.29, 0.717) is 6.54 Å². The Morgan fingerprint density at radius 1 is 1.47 bits per heavy atom. The molecule has 0 aliphatic rings. The average molecular weight is 258 g/mol. The highest BCUT2D eigenvalue weighted by atomic mass is 16.2. The second-order valence-corrected chi connectivity index (χ2v) is 4.41. The van der Waals surface area contributed by atoms with Crippen LogP contribution >= 0.6 is 0 Å². The van der Waals surface area contributed by atoms with Crippen molar-refractivity contribution in [3.05, 3.63) is 48.0 Å². The second kappa shape index (κ2) is 5.67. The maximum atomic E-state index is 12.2. The summed E-state index contributed by atoms with van der Waals surface area (Å²) in [5.74, 6) is 0.733. The molecule has 2 aromatic rings. The predicted molar refractivity (Wildman–Crippen MR) is 74.6 cm³/mol. The van der Waals surface area contributed by atoms with Crippen molar-refractivity contribution in [3.8, 4) is 0 Å². The van der Waals surface area contributed by atoms with Gasteiger partial charge in [-0.3, -0.25) is 4.79 Å². The van der Waals surface area contributed by atoms with Crippen LogP contribution in [0.1, 0.15) is 24.4 Å². The predicted octanol–water partition coefficient (Wildman–Crippen LogP) is 1.85. The summed E-state index contributed by atoms with van der Waals surface area (Å²) in [5.41, 5.74) is 7.34. The smallest absolute Gasteiger partial charge is 0.247 e. The van der Waals surface area contributed by atoms with Crippen LogP contribution in [0.2, 0.25) is 0 Å². The largest absolute Gasteiger partial charge is 0.326 e. The molecule has 0 fully saturated rings. The molecule has 1 amide bonds. The van der Waals surface area contributed by atoms with E-state index in [-0.39, 0.29) is 11.9 Å². The first-order valence-electron chi connectivity index (χ1n) is 6.21. The molecule has 19 heavy (non-hydrogen) atoms. The molecular formula is C14H18N4O. The molecule has 0 spiro atoms. The van der Waals surface area contributed by atoms with Crippen LogP contribution in [0.5, 0.6) is 0 Å². The van der Waals surface area contributed by atoms with Gasteiger partial charge in [-0.05, 0) is 25.5 Å². The van der Waals surface area contributed by atoms with Gasteiger partial charge in [0.1, 0.15) is 11.9 Å². The van der Waals surface area contributed by atoms with E-state index in [1.54, 1.807) is 12.4 Å². The molecule has 1 aromatic carbocycles. The summed E-state index contributed by atoms with van der Waals surface area (Å²) >= 11 is 0. The number of carbonyl (C=O) groups is 1. The summed E-state index contributed by atoms with van der Waals surface area (Å²) in [6, 6.07) is 7.23. The molecule has 3 N–H and O–H groups in total. The monoisotopic (exact) mass is 258 g/mol. The number of nitrogens with two attached hydrogens (primary N) is 1. The zero-order chi connectivity index (χ0) is 13.8. The lowest BCUT2D eigenvalue weighted by Crippen LogP contribution is -2.24. The van der Waals surface area contributed by atoms with Gasteiger partial charge in [0.25, 0.3) is 0 Å². The van der Waals surface area contributed by atoms with Crippen molar-refractivity contribution >= 4 is 11.6 Å². The summed E-state index contributed by atoms with van der Waals surface area (Å²) in [5, 5.41) is 2.91. The van der Waals surface area contributed by atoms with Gasteiger partial charge in [-0.15, -0.1) is 0 Å². The molecule has 0 aliphatic heterocycles. The van der Waals surface area contributed by atoms with Crippen molar-refractivity contribution in [2.45, 2.75) is 26.4 Å². The number of aromatic nitrogens is 2. The van der Waals surface area contributed by atoms with Crippen LogP contribution in [-0.2, 0) is 11.3 Å². The number of amides is 1. The van der Waals surface area contributed by atoms with Gasteiger partial charge in [0, 0.05) is 24.6 Å². The SMILES string of the molecule is Cc1nccn1C(C)C(=O)Nc1ccccc1CN. The highest BCUT2D eigenvalue weighted by Crippen LogP contribution is 2.17. The van der Waals surface area contributed by atoms with Crippen LogP contribution in [0, 0.1) is 6.92 Å². The number of hydrogen-bond donors (Lipinski definition) is 2. The molecule has 0 saturated carbocycles. The zero-order valence-electron chi connectivity index (χ0n) is 11.1. The Balaban J connectivity index is 2.15. The standard InChI is InChI=1S/C14H18N4O/c1-10(18-8-7-16-11(18)2)14(19)17-13-6-4-3-5-12(13)9-15/h3-8,10H,9,15H2,1-2H3,(H,17,19). The number of carbonyl (C=O) groups excluding carboxylic acids is 1. The Morgan fingerprint density at radius 2 is 2.21 bits per heavy atom. The molecule has 5 heteroatoms. The number of hydrogen-bond acceptors (Lipinski definition) is 3. The minimum atomic E-state index is -0.312. The van der Waals surface area contributed by atoms with E-state index in [1.807, 2.05) is 42.7 Å². The Morgan fingerprint density at radius 3 is 2.84 bits per heavy atom. The van der Waals surface area contributed by atoms with Crippen molar-refractivity contribution in [2.24, 2.45) is 5.73 Å². The lowest BCUT2D eigenvalue weighted by Gasteiger charge is -2.16. The third-order valence-electron chi connectivity index (χ3n) is 3.15. The molecule has 0 saturated heterocycles. The molecule has 1 heterocycles. The van der Waals surface area contributed by atoms with Gasteiger partial charge in [-0.2, -0.15) is 0 Å². The van der Waals surface area contributed by atoms with Crippen molar-refractivity contribution in [3.63, 3.8) is 0 Å². The number of imidazole rings is 1. The van der Waals surface area contributed by atoms with E-state index in [4.69, 9.17) is 5.73 Å². The highest BCUT2D eigenvalue weighted by molar-refractivity contribution is 5.94. The van der Waals surface area contributed by atoms with Crippen LogP contribution in [0.3, 0.4) is 0 Å². The second-order valence-electron chi connectivity index (χ2n) is 4.41. The number of nitrogens with zero attached hydrogens (tertiary/aromatic N) is 2. The summed E-state index contributed by atoms with van der Waals surface area (Å²) in [6.45, 7) is 4.11.